The van der Waals surface area contributed by atoms with E-state index in [4.69, 9.17) is 4.74 Å². The summed E-state index contributed by atoms with van der Waals surface area (Å²) in [6.07, 6.45) is -3.35. The maximum Gasteiger partial charge on any atom is 0.416 e. The molecule has 1 unspecified atom stereocenters. The van der Waals surface area contributed by atoms with E-state index in [1.807, 2.05) is 18.2 Å². The fourth-order valence-electron chi connectivity index (χ4n) is 3.74. The molecule has 1 fully saturated rings. The van der Waals surface area contributed by atoms with Crippen molar-refractivity contribution in [3.8, 4) is 0 Å². The van der Waals surface area contributed by atoms with Gasteiger partial charge in [0.15, 0.2) is 5.96 Å². The maximum atomic E-state index is 12.7. The van der Waals surface area contributed by atoms with E-state index < -0.39 is 11.7 Å². The zero-order valence-corrected chi connectivity index (χ0v) is 17.9. The molecule has 0 aromatic heterocycles. The van der Waals surface area contributed by atoms with Crippen LogP contribution in [0.15, 0.2) is 53.5 Å². The Morgan fingerprint density at radius 1 is 1.13 bits per heavy atom. The van der Waals surface area contributed by atoms with Gasteiger partial charge in [0.2, 0.25) is 0 Å². The van der Waals surface area contributed by atoms with Crippen molar-refractivity contribution in [2.45, 2.75) is 38.3 Å². The number of halogens is 3. The van der Waals surface area contributed by atoms with Crippen LogP contribution in [0.3, 0.4) is 0 Å². The Balaban J connectivity index is 1.48. The van der Waals surface area contributed by atoms with E-state index in [0.717, 1.165) is 54.3 Å². The summed E-state index contributed by atoms with van der Waals surface area (Å²) in [6, 6.07) is 13.8. The van der Waals surface area contributed by atoms with Gasteiger partial charge in [0, 0.05) is 46.4 Å². The zero-order chi connectivity index (χ0) is 22.3. The first kappa shape index (κ1) is 23.1. The molecule has 0 amide bonds. The van der Waals surface area contributed by atoms with Gasteiger partial charge in [0.05, 0.1) is 12.2 Å². The summed E-state index contributed by atoms with van der Waals surface area (Å²) in [5, 5.41) is 6.80. The van der Waals surface area contributed by atoms with Crippen molar-refractivity contribution in [1.82, 2.24) is 15.5 Å². The molecule has 168 valence electrons. The third kappa shape index (κ3) is 6.70. The molecule has 5 nitrogen and oxygen atoms in total. The van der Waals surface area contributed by atoms with Crippen molar-refractivity contribution < 1.29 is 17.9 Å². The Labute approximate surface area is 181 Å². The SMILES string of the molecule is CN=C(NCc1ccccc1COC)NC1CCN(Cc2ccc(C(F)(F)F)cc2)C1. The summed E-state index contributed by atoms with van der Waals surface area (Å²) in [6.45, 7) is 3.52. The van der Waals surface area contributed by atoms with E-state index in [9.17, 15) is 13.2 Å². The summed E-state index contributed by atoms with van der Waals surface area (Å²) in [4.78, 5) is 6.56. The minimum Gasteiger partial charge on any atom is -0.380 e. The van der Waals surface area contributed by atoms with E-state index >= 15 is 0 Å². The van der Waals surface area contributed by atoms with Gasteiger partial charge >= 0.3 is 6.18 Å². The fourth-order valence-corrected chi connectivity index (χ4v) is 3.74. The van der Waals surface area contributed by atoms with Crippen molar-refractivity contribution in [2.24, 2.45) is 4.99 Å². The second kappa shape index (κ2) is 10.6. The Kier molecular flexibility index (Phi) is 7.92. The van der Waals surface area contributed by atoms with Crippen LogP contribution in [-0.4, -0.2) is 44.1 Å². The first-order chi connectivity index (χ1) is 14.9. The molecule has 1 atom stereocenters. The standard InChI is InChI=1S/C23H29F3N4O/c1-27-22(28-13-18-5-3-4-6-19(18)16-31-2)29-21-11-12-30(15-21)14-17-7-9-20(10-8-17)23(24,25)26/h3-10,21H,11-16H2,1-2H3,(H2,27,28,29). The molecule has 0 saturated carbocycles. The van der Waals surface area contributed by atoms with Gasteiger partial charge in [-0.05, 0) is 35.2 Å². The molecular formula is C23H29F3N4O. The van der Waals surface area contributed by atoms with Crippen molar-refractivity contribution >= 4 is 5.96 Å². The number of nitrogens with one attached hydrogen (secondary N) is 2. The van der Waals surface area contributed by atoms with E-state index in [-0.39, 0.29) is 6.04 Å². The normalized spacial score (nSPS) is 17.7. The summed E-state index contributed by atoms with van der Waals surface area (Å²) in [5.74, 6) is 0.730. The number of likely N-dealkylation sites (tertiary alicyclic amines) is 1. The molecule has 0 spiro atoms. The lowest BCUT2D eigenvalue weighted by Gasteiger charge is -2.19. The number of hydrogen-bond acceptors (Lipinski definition) is 3. The molecule has 8 heteroatoms. The van der Waals surface area contributed by atoms with Crippen LogP contribution in [0.5, 0.6) is 0 Å². The second-order valence-corrected chi connectivity index (χ2v) is 7.69. The number of aliphatic imine (C=N–C) groups is 1. The van der Waals surface area contributed by atoms with Crippen molar-refractivity contribution in [3.05, 3.63) is 70.8 Å². The molecule has 1 heterocycles. The van der Waals surface area contributed by atoms with Crippen LogP contribution < -0.4 is 10.6 Å². The molecule has 2 aromatic carbocycles. The molecule has 3 rings (SSSR count). The van der Waals surface area contributed by atoms with Crippen LogP contribution in [0.2, 0.25) is 0 Å². The third-order valence-electron chi connectivity index (χ3n) is 5.39. The Bertz CT molecular complexity index is 868. The van der Waals surface area contributed by atoms with Crippen LogP contribution in [-0.2, 0) is 30.6 Å². The molecule has 2 aromatic rings. The number of benzene rings is 2. The van der Waals surface area contributed by atoms with E-state index in [2.05, 4.69) is 26.6 Å². The van der Waals surface area contributed by atoms with Gasteiger partial charge in [0.25, 0.3) is 0 Å². The van der Waals surface area contributed by atoms with Crippen LogP contribution in [0.25, 0.3) is 0 Å². The monoisotopic (exact) mass is 434 g/mol. The van der Waals surface area contributed by atoms with Gasteiger partial charge in [-0.25, -0.2) is 0 Å². The largest absolute Gasteiger partial charge is 0.416 e. The first-order valence-electron chi connectivity index (χ1n) is 10.3. The molecule has 1 saturated heterocycles. The molecule has 0 radical (unpaired) electrons. The van der Waals surface area contributed by atoms with Crippen LogP contribution in [0.1, 0.15) is 28.7 Å². The Morgan fingerprint density at radius 2 is 1.84 bits per heavy atom. The summed E-state index contributed by atoms with van der Waals surface area (Å²) >= 11 is 0. The van der Waals surface area contributed by atoms with Gasteiger partial charge in [-0.15, -0.1) is 0 Å². The number of nitrogens with zero attached hydrogens (tertiary/aromatic N) is 2. The number of ether oxygens (including phenoxy) is 1. The quantitative estimate of drug-likeness (QED) is 0.514. The number of rotatable bonds is 7. The predicted molar refractivity (Wildman–Crippen MR) is 116 cm³/mol. The van der Waals surface area contributed by atoms with Crippen LogP contribution in [0.4, 0.5) is 13.2 Å². The zero-order valence-electron chi connectivity index (χ0n) is 17.9. The minimum absolute atomic E-state index is 0.231. The van der Waals surface area contributed by atoms with Gasteiger partial charge in [-0.3, -0.25) is 9.89 Å². The third-order valence-corrected chi connectivity index (χ3v) is 5.39. The fraction of sp³-hybridized carbons (Fsp3) is 0.435. The Hall–Kier alpha value is -2.58. The Morgan fingerprint density at radius 3 is 2.48 bits per heavy atom. The lowest BCUT2D eigenvalue weighted by molar-refractivity contribution is -0.137. The van der Waals surface area contributed by atoms with Gasteiger partial charge in [-0.2, -0.15) is 13.2 Å². The molecule has 1 aliphatic heterocycles. The van der Waals surface area contributed by atoms with Crippen LogP contribution in [0, 0.1) is 0 Å². The first-order valence-corrected chi connectivity index (χ1v) is 10.3. The molecule has 1 aliphatic rings. The second-order valence-electron chi connectivity index (χ2n) is 7.69. The summed E-state index contributed by atoms with van der Waals surface area (Å²) in [7, 11) is 3.42. The molecule has 0 aliphatic carbocycles. The van der Waals surface area contributed by atoms with Crippen molar-refractivity contribution in [1.29, 1.82) is 0 Å². The topological polar surface area (TPSA) is 48.9 Å². The van der Waals surface area contributed by atoms with E-state index in [1.165, 1.54) is 0 Å². The summed E-state index contributed by atoms with van der Waals surface area (Å²) < 4.78 is 43.4. The van der Waals surface area contributed by atoms with Gasteiger partial charge in [-0.1, -0.05) is 36.4 Å². The highest BCUT2D eigenvalue weighted by atomic mass is 19.4. The summed E-state index contributed by atoms with van der Waals surface area (Å²) in [5.41, 5.74) is 2.56. The lowest BCUT2D eigenvalue weighted by Crippen LogP contribution is -2.44. The average Bonchev–Trinajstić information content (AvgIpc) is 3.18. The maximum absolute atomic E-state index is 12.7. The van der Waals surface area contributed by atoms with Gasteiger partial charge in [0.1, 0.15) is 0 Å². The minimum atomic E-state index is -4.30. The lowest BCUT2D eigenvalue weighted by atomic mass is 10.1. The van der Waals surface area contributed by atoms with E-state index in [0.29, 0.717) is 19.7 Å². The molecular weight excluding hydrogens is 405 g/mol. The van der Waals surface area contributed by atoms with Crippen LogP contribution >= 0.6 is 0 Å². The molecule has 31 heavy (non-hydrogen) atoms. The van der Waals surface area contributed by atoms with Gasteiger partial charge < -0.3 is 15.4 Å². The highest BCUT2D eigenvalue weighted by molar-refractivity contribution is 5.80. The number of alkyl halides is 3. The average molecular weight is 435 g/mol. The number of hydrogen-bond donors (Lipinski definition) is 2. The smallest absolute Gasteiger partial charge is 0.380 e. The van der Waals surface area contributed by atoms with Crippen molar-refractivity contribution in [3.63, 3.8) is 0 Å². The molecule has 0 bridgehead atoms. The predicted octanol–water partition coefficient (Wildman–Crippen LogP) is 3.79. The number of guanidine groups is 1. The highest BCUT2D eigenvalue weighted by Crippen LogP contribution is 2.29. The molecule has 2 N–H and O–H groups in total. The number of methoxy groups -OCH3 is 1. The van der Waals surface area contributed by atoms with E-state index in [1.54, 1.807) is 26.3 Å². The van der Waals surface area contributed by atoms with Crippen molar-refractivity contribution in [2.75, 3.05) is 27.2 Å². The highest BCUT2D eigenvalue weighted by Gasteiger charge is 2.30.